The van der Waals surface area contributed by atoms with E-state index in [0.29, 0.717) is 10.6 Å². The van der Waals surface area contributed by atoms with E-state index >= 15 is 0 Å². The van der Waals surface area contributed by atoms with Gasteiger partial charge in [0, 0.05) is 10.6 Å². The number of carbonyl (C=O) groups is 2. The third kappa shape index (κ3) is 2.86. The zero-order valence-corrected chi connectivity index (χ0v) is 13.5. The Balaban J connectivity index is 2.29. The van der Waals surface area contributed by atoms with E-state index in [2.05, 4.69) is 6.92 Å². The summed E-state index contributed by atoms with van der Waals surface area (Å²) in [6.07, 6.45) is 1.78. The second-order valence-electron chi connectivity index (χ2n) is 4.99. The van der Waals surface area contributed by atoms with Gasteiger partial charge in [0.25, 0.3) is 5.91 Å². The largest absolute Gasteiger partial charge is 0.480 e. The smallest absolute Gasteiger partial charge is 0.327 e. The Morgan fingerprint density at radius 2 is 2.15 bits per heavy atom. The fourth-order valence-electron chi connectivity index (χ4n) is 2.30. The van der Waals surface area contributed by atoms with Gasteiger partial charge in [-0.05, 0) is 31.9 Å². The Hall–Kier alpha value is -1.01. The lowest BCUT2D eigenvalue weighted by atomic mass is 10.2. The number of thioether (sulfide) groups is 1. The number of hydrogen-bond donors (Lipinski definition) is 1. The van der Waals surface area contributed by atoms with Crippen LogP contribution in [0.5, 0.6) is 0 Å². The number of nitrogens with zero attached hydrogens (tertiary/aromatic N) is 1. The fraction of sp³-hybridized carbons (Fsp3) is 0.571. The molecule has 1 saturated heterocycles. The Morgan fingerprint density at radius 3 is 2.65 bits per heavy atom. The summed E-state index contributed by atoms with van der Waals surface area (Å²) in [4.78, 5) is 27.4. The van der Waals surface area contributed by atoms with Gasteiger partial charge in [-0.15, -0.1) is 23.1 Å². The van der Waals surface area contributed by atoms with E-state index in [4.69, 9.17) is 0 Å². The van der Waals surface area contributed by atoms with E-state index in [-0.39, 0.29) is 11.3 Å². The standard InChI is InChI=1S/C14H19NO3S2/c1-4-5-12-15(10(7-19-12)14(17)18)13(16)11-6-8(2)9(3)20-11/h6,10,12H,4-5,7H2,1-3H3,(H,17,18). The summed E-state index contributed by atoms with van der Waals surface area (Å²) >= 11 is 3.02. The maximum atomic E-state index is 12.7. The Labute approximate surface area is 127 Å². The fourth-order valence-corrected chi connectivity index (χ4v) is 4.79. The molecule has 1 aromatic rings. The summed E-state index contributed by atoms with van der Waals surface area (Å²) < 4.78 is 0. The van der Waals surface area contributed by atoms with E-state index in [1.807, 2.05) is 19.9 Å². The lowest BCUT2D eigenvalue weighted by Crippen LogP contribution is -2.45. The van der Waals surface area contributed by atoms with Gasteiger partial charge in [-0.1, -0.05) is 13.3 Å². The molecule has 20 heavy (non-hydrogen) atoms. The van der Waals surface area contributed by atoms with Gasteiger partial charge in [0.2, 0.25) is 0 Å². The summed E-state index contributed by atoms with van der Waals surface area (Å²) in [7, 11) is 0. The summed E-state index contributed by atoms with van der Waals surface area (Å²) in [5, 5.41) is 9.30. The number of hydrogen-bond acceptors (Lipinski definition) is 4. The topological polar surface area (TPSA) is 57.6 Å². The summed E-state index contributed by atoms with van der Waals surface area (Å²) in [5.74, 6) is -0.564. The van der Waals surface area contributed by atoms with Crippen molar-refractivity contribution in [3.63, 3.8) is 0 Å². The maximum Gasteiger partial charge on any atom is 0.327 e. The Bertz CT molecular complexity index is 507. The van der Waals surface area contributed by atoms with Crippen molar-refractivity contribution in [3.8, 4) is 0 Å². The van der Waals surface area contributed by atoms with Crippen molar-refractivity contribution in [1.82, 2.24) is 4.90 Å². The van der Waals surface area contributed by atoms with Crippen molar-refractivity contribution in [2.24, 2.45) is 0 Å². The van der Waals surface area contributed by atoms with Crippen LogP contribution in [0.15, 0.2) is 6.07 Å². The van der Waals surface area contributed by atoms with E-state index in [1.54, 1.807) is 16.7 Å². The van der Waals surface area contributed by atoms with Crippen LogP contribution in [0, 0.1) is 13.8 Å². The molecule has 0 radical (unpaired) electrons. The second-order valence-corrected chi connectivity index (χ2v) is 7.46. The lowest BCUT2D eigenvalue weighted by Gasteiger charge is -2.26. The zero-order valence-electron chi connectivity index (χ0n) is 11.9. The average molecular weight is 313 g/mol. The maximum absolute atomic E-state index is 12.7. The minimum absolute atomic E-state index is 0.0173. The lowest BCUT2D eigenvalue weighted by molar-refractivity contribution is -0.141. The molecule has 1 N–H and O–H groups in total. The van der Waals surface area contributed by atoms with Crippen LogP contribution in [-0.2, 0) is 4.79 Å². The predicted octanol–water partition coefficient (Wildman–Crippen LogP) is 3.13. The number of carboxylic acids is 1. The van der Waals surface area contributed by atoms with E-state index in [0.717, 1.165) is 23.3 Å². The van der Waals surface area contributed by atoms with Gasteiger partial charge in [0.1, 0.15) is 6.04 Å². The van der Waals surface area contributed by atoms with Crippen LogP contribution >= 0.6 is 23.1 Å². The predicted molar refractivity (Wildman–Crippen MR) is 82.5 cm³/mol. The highest BCUT2D eigenvalue weighted by molar-refractivity contribution is 8.00. The van der Waals surface area contributed by atoms with Crippen molar-refractivity contribution in [3.05, 3.63) is 21.4 Å². The molecule has 6 heteroatoms. The average Bonchev–Trinajstić information content (AvgIpc) is 2.94. The van der Waals surface area contributed by atoms with Gasteiger partial charge in [-0.2, -0.15) is 0 Å². The van der Waals surface area contributed by atoms with Gasteiger partial charge in [-0.3, -0.25) is 4.79 Å². The number of rotatable bonds is 4. The third-order valence-corrected chi connectivity index (χ3v) is 6.02. The number of amides is 1. The molecule has 0 aromatic carbocycles. The van der Waals surface area contributed by atoms with Gasteiger partial charge in [-0.25, -0.2) is 4.79 Å². The molecule has 4 nitrogen and oxygen atoms in total. The molecular weight excluding hydrogens is 294 g/mol. The van der Waals surface area contributed by atoms with Gasteiger partial charge in [0.15, 0.2) is 0 Å². The highest BCUT2D eigenvalue weighted by atomic mass is 32.2. The first kappa shape index (κ1) is 15.4. The highest BCUT2D eigenvalue weighted by Crippen LogP contribution is 2.35. The van der Waals surface area contributed by atoms with Crippen LogP contribution < -0.4 is 0 Å². The summed E-state index contributed by atoms with van der Waals surface area (Å²) in [6, 6.07) is 1.17. The van der Waals surface area contributed by atoms with E-state index in [9.17, 15) is 14.7 Å². The Kier molecular flexibility index (Phi) is 4.75. The van der Waals surface area contributed by atoms with Crippen LogP contribution in [0.3, 0.4) is 0 Å². The molecule has 0 aliphatic carbocycles. The number of thiophene rings is 1. The first-order valence-corrected chi connectivity index (χ1v) is 8.56. The molecule has 1 aliphatic heterocycles. The van der Waals surface area contributed by atoms with Crippen molar-refractivity contribution >= 4 is 35.0 Å². The van der Waals surface area contributed by atoms with Crippen molar-refractivity contribution in [2.75, 3.05) is 5.75 Å². The van der Waals surface area contributed by atoms with Crippen molar-refractivity contribution in [2.45, 2.75) is 45.0 Å². The molecule has 0 bridgehead atoms. The number of aliphatic carboxylic acids is 1. The molecule has 110 valence electrons. The van der Waals surface area contributed by atoms with Crippen molar-refractivity contribution < 1.29 is 14.7 Å². The van der Waals surface area contributed by atoms with Crippen LogP contribution in [0.2, 0.25) is 0 Å². The molecule has 0 saturated carbocycles. The minimum Gasteiger partial charge on any atom is -0.480 e. The molecular formula is C14H19NO3S2. The second kappa shape index (κ2) is 6.18. The van der Waals surface area contributed by atoms with Gasteiger partial charge in [0.05, 0.1) is 10.3 Å². The molecule has 1 aliphatic rings. The summed E-state index contributed by atoms with van der Waals surface area (Å²) in [5.41, 5.74) is 1.09. The molecule has 1 amide bonds. The number of carbonyl (C=O) groups excluding carboxylic acids is 1. The minimum atomic E-state index is -0.908. The quantitative estimate of drug-likeness (QED) is 0.928. The monoisotopic (exact) mass is 313 g/mol. The first-order valence-electron chi connectivity index (χ1n) is 6.69. The number of aryl methyl sites for hydroxylation is 2. The van der Waals surface area contributed by atoms with Crippen LogP contribution in [0.4, 0.5) is 0 Å². The SMILES string of the molecule is CCCC1SCC(C(=O)O)N1C(=O)c1cc(C)c(C)s1. The van der Waals surface area contributed by atoms with Gasteiger partial charge >= 0.3 is 5.97 Å². The molecule has 2 unspecified atom stereocenters. The van der Waals surface area contributed by atoms with E-state index < -0.39 is 12.0 Å². The van der Waals surface area contributed by atoms with Crippen LogP contribution in [0.1, 0.15) is 39.9 Å². The highest BCUT2D eigenvalue weighted by Gasteiger charge is 2.41. The van der Waals surface area contributed by atoms with Crippen LogP contribution in [0.25, 0.3) is 0 Å². The molecule has 0 spiro atoms. The first-order chi connectivity index (χ1) is 9.45. The molecule has 1 aromatic heterocycles. The normalized spacial score (nSPS) is 22.2. The third-order valence-electron chi connectivity index (χ3n) is 3.52. The zero-order chi connectivity index (χ0) is 14.9. The van der Waals surface area contributed by atoms with Crippen LogP contribution in [-0.4, -0.2) is 39.1 Å². The molecule has 2 rings (SSSR count). The Morgan fingerprint density at radius 1 is 1.45 bits per heavy atom. The van der Waals surface area contributed by atoms with Crippen molar-refractivity contribution in [1.29, 1.82) is 0 Å². The summed E-state index contributed by atoms with van der Waals surface area (Å²) in [6.45, 7) is 6.00. The number of carboxylic acid groups (broad SMARTS) is 1. The van der Waals surface area contributed by atoms with Gasteiger partial charge < -0.3 is 10.0 Å². The van der Waals surface area contributed by atoms with E-state index in [1.165, 1.54) is 11.3 Å². The molecule has 1 fully saturated rings. The molecule has 2 atom stereocenters. The molecule has 2 heterocycles.